The van der Waals surface area contributed by atoms with Crippen LogP contribution < -0.4 is 4.80 Å². The van der Waals surface area contributed by atoms with E-state index in [-0.39, 0.29) is 5.69 Å². The van der Waals surface area contributed by atoms with Crippen LogP contribution in [0.2, 0.25) is 0 Å². The van der Waals surface area contributed by atoms with Gasteiger partial charge in [0.15, 0.2) is 16.4 Å². The van der Waals surface area contributed by atoms with E-state index in [4.69, 9.17) is 5.11 Å². The zero-order chi connectivity index (χ0) is 18.0. The molecule has 0 bridgehead atoms. The van der Waals surface area contributed by atoms with Crippen molar-refractivity contribution in [3.8, 4) is 11.3 Å². The van der Waals surface area contributed by atoms with Crippen LogP contribution in [0.5, 0.6) is 0 Å². The summed E-state index contributed by atoms with van der Waals surface area (Å²) in [5, 5.41) is 10.7. The van der Waals surface area contributed by atoms with Gasteiger partial charge < -0.3 is 9.67 Å². The van der Waals surface area contributed by atoms with E-state index in [1.165, 1.54) is 17.4 Å². The highest BCUT2D eigenvalue weighted by Crippen LogP contribution is 2.24. The minimum atomic E-state index is -1.52. The standard InChI is InChI=1S/C18H14F2N2O2S/c1-2-22-14(11-6-4-3-5-7-11)10-25-18(22)21-13-9-8-12(17(23)24)15(19)16(13)20/h3-10H,2H2,1H3,(H,23,24)/b21-18-. The van der Waals surface area contributed by atoms with Gasteiger partial charge in [-0.3, -0.25) is 0 Å². The van der Waals surface area contributed by atoms with Crippen LogP contribution in [-0.2, 0) is 6.54 Å². The quantitative estimate of drug-likeness (QED) is 0.748. The van der Waals surface area contributed by atoms with Crippen LogP contribution in [0.25, 0.3) is 11.3 Å². The van der Waals surface area contributed by atoms with Gasteiger partial charge in [-0.25, -0.2) is 18.6 Å². The van der Waals surface area contributed by atoms with Crippen molar-refractivity contribution in [2.45, 2.75) is 13.5 Å². The lowest BCUT2D eigenvalue weighted by Crippen LogP contribution is -2.14. The van der Waals surface area contributed by atoms with Gasteiger partial charge in [0.25, 0.3) is 0 Å². The molecule has 0 aliphatic rings. The van der Waals surface area contributed by atoms with E-state index in [0.29, 0.717) is 11.3 Å². The Labute approximate surface area is 146 Å². The molecule has 0 aliphatic carbocycles. The molecular formula is C18H14F2N2O2S. The van der Waals surface area contributed by atoms with Crippen molar-refractivity contribution in [1.82, 2.24) is 4.57 Å². The van der Waals surface area contributed by atoms with Crippen molar-refractivity contribution in [1.29, 1.82) is 0 Å². The van der Waals surface area contributed by atoms with Gasteiger partial charge >= 0.3 is 5.97 Å². The first-order valence-corrected chi connectivity index (χ1v) is 8.40. The summed E-state index contributed by atoms with van der Waals surface area (Å²) in [6, 6.07) is 11.9. The van der Waals surface area contributed by atoms with Gasteiger partial charge in [-0.1, -0.05) is 30.3 Å². The van der Waals surface area contributed by atoms with Crippen LogP contribution in [0, 0.1) is 11.6 Å². The molecule has 25 heavy (non-hydrogen) atoms. The van der Waals surface area contributed by atoms with Crippen LogP contribution in [-0.4, -0.2) is 15.6 Å². The number of aromatic nitrogens is 1. The highest BCUT2D eigenvalue weighted by Gasteiger charge is 2.18. The summed E-state index contributed by atoms with van der Waals surface area (Å²) in [5.74, 6) is -4.19. The number of rotatable bonds is 4. The Balaban J connectivity index is 2.13. The first kappa shape index (κ1) is 17.0. The minimum absolute atomic E-state index is 0.230. The van der Waals surface area contributed by atoms with Gasteiger partial charge in [0.2, 0.25) is 0 Å². The second-order valence-corrected chi connectivity index (χ2v) is 6.03. The molecule has 0 fully saturated rings. The lowest BCUT2D eigenvalue weighted by molar-refractivity contribution is 0.0690. The lowest BCUT2D eigenvalue weighted by Gasteiger charge is -2.06. The summed E-state index contributed by atoms with van der Waals surface area (Å²) in [4.78, 5) is 15.6. The molecule has 0 saturated carbocycles. The average molecular weight is 360 g/mol. The maximum Gasteiger partial charge on any atom is 0.338 e. The Morgan fingerprint density at radius 2 is 1.88 bits per heavy atom. The molecule has 0 spiro atoms. The number of hydrogen-bond acceptors (Lipinski definition) is 3. The molecule has 0 aliphatic heterocycles. The van der Waals surface area contributed by atoms with Gasteiger partial charge in [0.05, 0.1) is 11.3 Å². The second-order valence-electron chi connectivity index (χ2n) is 5.19. The molecule has 0 atom stereocenters. The minimum Gasteiger partial charge on any atom is -0.478 e. The van der Waals surface area contributed by atoms with E-state index < -0.39 is 23.2 Å². The summed E-state index contributed by atoms with van der Waals surface area (Å²) in [5.41, 5.74) is 0.979. The van der Waals surface area contributed by atoms with E-state index in [9.17, 15) is 13.6 Å². The molecule has 0 radical (unpaired) electrons. The van der Waals surface area contributed by atoms with Gasteiger partial charge in [0.1, 0.15) is 5.69 Å². The monoisotopic (exact) mass is 360 g/mol. The predicted molar refractivity (Wildman–Crippen MR) is 92.0 cm³/mol. The Morgan fingerprint density at radius 3 is 2.52 bits per heavy atom. The van der Waals surface area contributed by atoms with Crippen LogP contribution in [0.1, 0.15) is 17.3 Å². The fourth-order valence-corrected chi connectivity index (χ4v) is 3.44. The average Bonchev–Trinajstić information content (AvgIpc) is 3.02. The first-order valence-electron chi connectivity index (χ1n) is 7.52. The summed E-state index contributed by atoms with van der Waals surface area (Å²) < 4.78 is 29.9. The van der Waals surface area contributed by atoms with E-state index in [2.05, 4.69) is 4.99 Å². The molecule has 2 aromatic carbocycles. The number of aromatic carboxylic acids is 1. The fraction of sp³-hybridized carbons (Fsp3) is 0.111. The zero-order valence-electron chi connectivity index (χ0n) is 13.2. The number of halogens is 2. The molecular weight excluding hydrogens is 346 g/mol. The molecule has 0 amide bonds. The van der Waals surface area contributed by atoms with Crippen molar-refractivity contribution >= 4 is 23.0 Å². The molecule has 1 heterocycles. The van der Waals surface area contributed by atoms with Crippen molar-refractivity contribution in [2.75, 3.05) is 0 Å². The molecule has 7 heteroatoms. The smallest absolute Gasteiger partial charge is 0.338 e. The zero-order valence-corrected chi connectivity index (χ0v) is 14.1. The number of thiazole rings is 1. The third kappa shape index (κ3) is 3.23. The van der Waals surface area contributed by atoms with E-state index >= 15 is 0 Å². The highest BCUT2D eigenvalue weighted by molar-refractivity contribution is 7.07. The van der Waals surface area contributed by atoms with Crippen LogP contribution in [0.4, 0.5) is 14.5 Å². The van der Waals surface area contributed by atoms with Crippen LogP contribution >= 0.6 is 11.3 Å². The van der Waals surface area contributed by atoms with E-state index in [1.54, 1.807) is 0 Å². The van der Waals surface area contributed by atoms with Crippen LogP contribution in [0.15, 0.2) is 52.8 Å². The van der Waals surface area contributed by atoms with E-state index in [0.717, 1.165) is 17.3 Å². The molecule has 1 aromatic heterocycles. The fourth-order valence-electron chi connectivity index (χ4n) is 2.46. The number of carboxylic acid groups (broad SMARTS) is 1. The van der Waals surface area contributed by atoms with Gasteiger partial charge in [-0.05, 0) is 24.6 Å². The number of nitrogens with zero attached hydrogens (tertiary/aromatic N) is 2. The summed E-state index contributed by atoms with van der Waals surface area (Å²) in [6.45, 7) is 2.53. The van der Waals surface area contributed by atoms with Crippen molar-refractivity contribution in [2.24, 2.45) is 4.99 Å². The number of carbonyl (C=O) groups is 1. The van der Waals surface area contributed by atoms with Gasteiger partial charge in [0, 0.05) is 11.9 Å². The maximum absolute atomic E-state index is 14.1. The third-order valence-corrected chi connectivity index (χ3v) is 4.56. The SMILES string of the molecule is CCn1c(-c2ccccc2)cs/c1=N\c1ccc(C(=O)O)c(F)c1F. The molecule has 128 valence electrons. The summed E-state index contributed by atoms with van der Waals surface area (Å²) in [7, 11) is 0. The summed E-state index contributed by atoms with van der Waals surface area (Å²) in [6.07, 6.45) is 0. The molecule has 3 aromatic rings. The summed E-state index contributed by atoms with van der Waals surface area (Å²) >= 11 is 1.31. The molecule has 0 unspecified atom stereocenters. The number of carboxylic acids is 1. The Bertz CT molecular complexity index is 994. The van der Waals surface area contributed by atoms with Crippen molar-refractivity contribution in [3.05, 3.63) is 69.8 Å². The molecule has 4 nitrogen and oxygen atoms in total. The third-order valence-electron chi connectivity index (χ3n) is 3.69. The molecule has 3 rings (SSSR count). The Kier molecular flexibility index (Phi) is 4.76. The number of benzene rings is 2. The van der Waals surface area contributed by atoms with E-state index in [1.807, 2.05) is 47.2 Å². The number of hydrogen-bond donors (Lipinski definition) is 1. The Morgan fingerprint density at radius 1 is 1.16 bits per heavy atom. The molecule has 0 saturated heterocycles. The normalized spacial score (nSPS) is 11.7. The molecule has 1 N–H and O–H groups in total. The van der Waals surface area contributed by atoms with Gasteiger partial charge in [-0.15, -0.1) is 11.3 Å². The maximum atomic E-state index is 14.1. The Hall–Kier alpha value is -2.80. The van der Waals surface area contributed by atoms with Gasteiger partial charge in [-0.2, -0.15) is 0 Å². The second kappa shape index (κ2) is 6.98. The van der Waals surface area contributed by atoms with Crippen LogP contribution in [0.3, 0.4) is 0 Å². The highest BCUT2D eigenvalue weighted by atomic mass is 32.1. The lowest BCUT2D eigenvalue weighted by atomic mass is 10.2. The topological polar surface area (TPSA) is 54.6 Å². The largest absolute Gasteiger partial charge is 0.478 e. The van der Waals surface area contributed by atoms with Crippen molar-refractivity contribution < 1.29 is 18.7 Å². The first-order chi connectivity index (χ1) is 12.0. The van der Waals surface area contributed by atoms with Crippen molar-refractivity contribution in [3.63, 3.8) is 0 Å². The predicted octanol–water partition coefficient (Wildman–Crippen LogP) is 4.45.